The molecule has 30 heavy (non-hydrogen) atoms. The van der Waals surface area contributed by atoms with E-state index in [9.17, 15) is 19.2 Å². The van der Waals surface area contributed by atoms with Gasteiger partial charge in [-0.3, -0.25) is 24.6 Å². The van der Waals surface area contributed by atoms with Gasteiger partial charge in [0, 0.05) is 20.3 Å². The number of ether oxygens (including phenoxy) is 3. The second kappa shape index (κ2) is 8.22. The van der Waals surface area contributed by atoms with Gasteiger partial charge in [0.25, 0.3) is 0 Å². The van der Waals surface area contributed by atoms with Crippen molar-refractivity contribution in [2.45, 2.75) is 70.4 Å². The molecule has 0 unspecified atom stereocenters. The molecule has 2 heterocycles. The first-order valence-electron chi connectivity index (χ1n) is 10.3. The summed E-state index contributed by atoms with van der Waals surface area (Å²) in [5.41, 5.74) is 2.37. The molecule has 3 fully saturated rings. The van der Waals surface area contributed by atoms with E-state index >= 15 is 0 Å². The van der Waals surface area contributed by atoms with Gasteiger partial charge in [0.2, 0.25) is 5.91 Å². The van der Waals surface area contributed by atoms with E-state index < -0.39 is 48.4 Å². The lowest BCUT2D eigenvalue weighted by Gasteiger charge is -2.43. The lowest BCUT2D eigenvalue weighted by atomic mass is 9.78. The van der Waals surface area contributed by atoms with Crippen molar-refractivity contribution in [3.63, 3.8) is 0 Å². The summed E-state index contributed by atoms with van der Waals surface area (Å²) in [7, 11) is 0. The molecule has 0 radical (unpaired) electrons. The number of hydrogen-bond acceptors (Lipinski definition) is 7. The van der Waals surface area contributed by atoms with Crippen LogP contribution in [0.3, 0.4) is 0 Å². The molecule has 1 N–H and O–H groups in total. The first kappa shape index (κ1) is 20.6. The fourth-order valence-electron chi connectivity index (χ4n) is 4.71. The van der Waals surface area contributed by atoms with Crippen LogP contribution in [0.25, 0.3) is 0 Å². The van der Waals surface area contributed by atoms with Crippen LogP contribution in [-0.4, -0.2) is 59.9 Å². The number of imide groups is 1. The molecule has 9 nitrogen and oxygen atoms in total. The lowest BCUT2D eigenvalue weighted by Crippen LogP contribution is -2.62. The Kier molecular flexibility index (Phi) is 5.64. The molecular weight excluding hydrogens is 392 g/mol. The third-order valence-electron chi connectivity index (χ3n) is 6.02. The zero-order chi connectivity index (χ0) is 21.4. The molecular formula is C21H26N2O7. The summed E-state index contributed by atoms with van der Waals surface area (Å²) in [6.45, 7) is 2.49. The zero-order valence-electron chi connectivity index (χ0n) is 17.1. The van der Waals surface area contributed by atoms with Crippen LogP contribution < -0.4 is 5.32 Å². The number of urea groups is 1. The van der Waals surface area contributed by atoms with E-state index in [1.807, 2.05) is 12.2 Å². The van der Waals surface area contributed by atoms with Gasteiger partial charge in [-0.05, 0) is 36.8 Å². The smallest absolute Gasteiger partial charge is 0.326 e. The minimum absolute atomic E-state index is 0.0859. The van der Waals surface area contributed by atoms with Crippen molar-refractivity contribution >= 4 is 23.9 Å². The summed E-state index contributed by atoms with van der Waals surface area (Å²) in [5.74, 6) is -1.76. The van der Waals surface area contributed by atoms with Crippen molar-refractivity contribution in [1.82, 2.24) is 10.2 Å². The number of nitrogens with zero attached hydrogens (tertiary/aromatic N) is 1. The van der Waals surface area contributed by atoms with Gasteiger partial charge in [0.05, 0.1) is 12.0 Å². The van der Waals surface area contributed by atoms with Crippen molar-refractivity contribution in [3.8, 4) is 0 Å². The molecule has 2 aliphatic heterocycles. The van der Waals surface area contributed by atoms with E-state index in [1.165, 1.54) is 29.9 Å². The molecule has 2 aliphatic carbocycles. The molecule has 162 valence electrons. The van der Waals surface area contributed by atoms with E-state index in [4.69, 9.17) is 14.2 Å². The number of carbonyl (C=O) groups excluding carboxylic acids is 4. The van der Waals surface area contributed by atoms with Crippen LogP contribution in [0.4, 0.5) is 4.79 Å². The van der Waals surface area contributed by atoms with Crippen LogP contribution in [0.5, 0.6) is 0 Å². The second-order valence-electron chi connectivity index (χ2n) is 8.12. The Morgan fingerprint density at radius 1 is 1.13 bits per heavy atom. The van der Waals surface area contributed by atoms with Crippen molar-refractivity contribution < 1.29 is 33.4 Å². The molecule has 1 saturated carbocycles. The molecule has 4 rings (SSSR count). The van der Waals surface area contributed by atoms with Gasteiger partial charge in [-0.1, -0.05) is 12.2 Å². The maximum atomic E-state index is 12.8. The molecule has 2 saturated heterocycles. The average Bonchev–Trinajstić information content (AvgIpc) is 3.06. The fraction of sp³-hybridized carbons (Fsp3) is 0.619. The lowest BCUT2D eigenvalue weighted by molar-refractivity contribution is -0.157. The molecule has 0 aromatic heterocycles. The topological polar surface area (TPSA) is 111 Å². The second-order valence-corrected chi connectivity index (χ2v) is 8.12. The molecule has 3 amide bonds. The van der Waals surface area contributed by atoms with Crippen LogP contribution in [0.1, 0.15) is 46.0 Å². The number of carbonyl (C=O) groups is 4. The zero-order valence-corrected chi connectivity index (χ0v) is 17.1. The molecule has 0 aromatic rings. The molecule has 4 aliphatic rings. The molecule has 9 heteroatoms. The predicted molar refractivity (Wildman–Crippen MR) is 103 cm³/mol. The van der Waals surface area contributed by atoms with Gasteiger partial charge in [0.1, 0.15) is 25.0 Å². The first-order chi connectivity index (χ1) is 14.3. The van der Waals surface area contributed by atoms with Crippen LogP contribution in [0, 0.1) is 5.92 Å². The number of amides is 3. The number of allylic oxidation sites excluding steroid dienone is 2. The van der Waals surface area contributed by atoms with E-state index in [1.54, 1.807) is 0 Å². The van der Waals surface area contributed by atoms with Crippen LogP contribution in [-0.2, 0) is 28.6 Å². The minimum Gasteiger partial charge on any atom is -0.463 e. The number of esters is 2. The Morgan fingerprint density at radius 3 is 2.50 bits per heavy atom. The van der Waals surface area contributed by atoms with Crippen molar-refractivity contribution in [2.24, 2.45) is 5.92 Å². The standard InChI is InChI=1S/C21H26N2O7/c1-11(24)28-10-18-17(29-12(2)25)9-19(30-18)23-16-8-14-6-4-3-5-13(14)7-15(16)20(26)22-21(23)27/h7-8,15-19H,3-6,9-10H2,1-2H3,(H,22,26,27)/t15-,16+,17+,18-,19-/m1/s1. The van der Waals surface area contributed by atoms with Crippen LogP contribution in [0.2, 0.25) is 0 Å². The van der Waals surface area contributed by atoms with E-state index in [2.05, 4.69) is 5.32 Å². The van der Waals surface area contributed by atoms with Crippen molar-refractivity contribution in [1.29, 1.82) is 0 Å². The maximum absolute atomic E-state index is 12.8. The third kappa shape index (κ3) is 3.98. The van der Waals surface area contributed by atoms with Crippen LogP contribution in [0.15, 0.2) is 23.3 Å². The first-order valence-corrected chi connectivity index (χ1v) is 10.3. The summed E-state index contributed by atoms with van der Waals surface area (Å²) >= 11 is 0. The van der Waals surface area contributed by atoms with E-state index in [0.29, 0.717) is 0 Å². The van der Waals surface area contributed by atoms with Gasteiger partial charge >= 0.3 is 18.0 Å². The summed E-state index contributed by atoms with van der Waals surface area (Å²) in [6, 6.07) is -0.996. The van der Waals surface area contributed by atoms with Gasteiger partial charge in [-0.25, -0.2) is 4.79 Å². The van der Waals surface area contributed by atoms with Crippen molar-refractivity contribution in [3.05, 3.63) is 23.3 Å². The van der Waals surface area contributed by atoms with E-state index in [-0.39, 0.29) is 18.9 Å². The summed E-state index contributed by atoms with van der Waals surface area (Å²) < 4.78 is 16.4. The highest BCUT2D eigenvalue weighted by Gasteiger charge is 2.49. The summed E-state index contributed by atoms with van der Waals surface area (Å²) in [4.78, 5) is 49.6. The highest BCUT2D eigenvalue weighted by molar-refractivity contribution is 6.00. The Morgan fingerprint density at radius 2 is 1.83 bits per heavy atom. The number of nitrogens with one attached hydrogen (secondary N) is 1. The molecule has 0 aromatic carbocycles. The Balaban J connectivity index is 1.58. The third-order valence-corrected chi connectivity index (χ3v) is 6.02. The number of fused-ring (bicyclic) bond motifs is 2. The minimum atomic E-state index is -0.717. The Hall–Kier alpha value is -2.68. The quantitative estimate of drug-likeness (QED) is 0.690. The van der Waals surface area contributed by atoms with E-state index in [0.717, 1.165) is 25.7 Å². The predicted octanol–water partition coefficient (Wildman–Crippen LogP) is 1.57. The number of hydrogen-bond donors (Lipinski definition) is 1. The Labute approximate surface area is 174 Å². The highest BCUT2D eigenvalue weighted by Crippen LogP contribution is 2.39. The summed E-state index contributed by atoms with van der Waals surface area (Å²) in [5, 5.41) is 2.42. The fourth-order valence-corrected chi connectivity index (χ4v) is 4.71. The van der Waals surface area contributed by atoms with Crippen LogP contribution >= 0.6 is 0 Å². The number of rotatable bonds is 4. The maximum Gasteiger partial charge on any atom is 0.326 e. The largest absolute Gasteiger partial charge is 0.463 e. The summed E-state index contributed by atoms with van der Waals surface area (Å²) in [6.07, 6.45) is 6.20. The van der Waals surface area contributed by atoms with Gasteiger partial charge in [-0.2, -0.15) is 0 Å². The van der Waals surface area contributed by atoms with Gasteiger partial charge < -0.3 is 14.2 Å². The SMILES string of the molecule is CC(=O)OC[C@H]1O[C@@H](N2C(=O)NC(=O)[C@@H]3C=C4CCCCC4=C[C@@H]32)C[C@@H]1OC(C)=O. The monoisotopic (exact) mass is 418 g/mol. The molecule has 0 bridgehead atoms. The van der Waals surface area contributed by atoms with Gasteiger partial charge in [0.15, 0.2) is 0 Å². The average molecular weight is 418 g/mol. The molecule has 0 spiro atoms. The Bertz CT molecular complexity index is 833. The highest BCUT2D eigenvalue weighted by atomic mass is 16.6. The van der Waals surface area contributed by atoms with Gasteiger partial charge in [-0.15, -0.1) is 0 Å². The van der Waals surface area contributed by atoms with Crippen molar-refractivity contribution in [2.75, 3.05) is 6.61 Å². The molecule has 5 atom stereocenters. The normalized spacial score (nSPS) is 33.0.